The first-order valence-corrected chi connectivity index (χ1v) is 5.94. The number of aliphatic hydroxyl groups excluding tert-OH is 1. The second-order valence-corrected chi connectivity index (χ2v) is 4.70. The number of rotatable bonds is 3. The third-order valence-corrected chi connectivity index (χ3v) is 3.52. The molecule has 0 aliphatic heterocycles. The van der Waals surface area contributed by atoms with E-state index in [1.54, 1.807) is 0 Å². The summed E-state index contributed by atoms with van der Waals surface area (Å²) in [6.07, 6.45) is 3.48. The van der Waals surface area contributed by atoms with Crippen molar-refractivity contribution in [2.45, 2.75) is 32.2 Å². The van der Waals surface area contributed by atoms with Crippen LogP contribution in [0.1, 0.15) is 24.8 Å². The van der Waals surface area contributed by atoms with Gasteiger partial charge in [0.25, 0.3) is 0 Å². The summed E-state index contributed by atoms with van der Waals surface area (Å²) in [4.78, 5) is 0. The highest BCUT2D eigenvalue weighted by Gasteiger charge is 2.26. The molecule has 0 aromatic heterocycles. The van der Waals surface area contributed by atoms with E-state index in [9.17, 15) is 5.11 Å². The van der Waals surface area contributed by atoms with Crippen LogP contribution in [-0.4, -0.2) is 17.8 Å². The van der Waals surface area contributed by atoms with Crippen LogP contribution in [0.3, 0.4) is 0 Å². The van der Waals surface area contributed by atoms with Gasteiger partial charge in [-0.15, -0.1) is 0 Å². The molecule has 0 amide bonds. The van der Waals surface area contributed by atoms with Crippen molar-refractivity contribution in [3.05, 3.63) is 23.8 Å². The van der Waals surface area contributed by atoms with Crippen molar-refractivity contribution in [2.24, 2.45) is 5.92 Å². The summed E-state index contributed by atoms with van der Waals surface area (Å²) in [5, 5.41) is 12.7. The van der Waals surface area contributed by atoms with Gasteiger partial charge < -0.3 is 16.2 Å². The molecule has 4 N–H and O–H groups in total. The van der Waals surface area contributed by atoms with Crippen LogP contribution in [0.25, 0.3) is 0 Å². The Bertz CT molecular complexity index is 365. The molecule has 2 atom stereocenters. The zero-order valence-electron chi connectivity index (χ0n) is 9.74. The highest BCUT2D eigenvalue weighted by molar-refractivity contribution is 5.57. The molecule has 16 heavy (non-hydrogen) atoms. The Balaban J connectivity index is 2.05. The number of aliphatic hydroxyl groups is 1. The van der Waals surface area contributed by atoms with Crippen molar-refractivity contribution in [3.63, 3.8) is 0 Å². The molecular weight excluding hydrogens is 200 g/mol. The molecule has 0 spiro atoms. The molecule has 1 aromatic rings. The molecule has 1 aliphatic carbocycles. The minimum atomic E-state index is 0.283. The van der Waals surface area contributed by atoms with E-state index < -0.39 is 0 Å². The van der Waals surface area contributed by atoms with Crippen LogP contribution in [0.5, 0.6) is 0 Å². The second-order valence-electron chi connectivity index (χ2n) is 4.70. The lowest BCUT2D eigenvalue weighted by Crippen LogP contribution is -2.26. The SMILES string of the molecule is Cc1cc(NC2CCCC2CO)ccc1N. The summed E-state index contributed by atoms with van der Waals surface area (Å²) in [7, 11) is 0. The van der Waals surface area contributed by atoms with Gasteiger partial charge in [0.15, 0.2) is 0 Å². The summed E-state index contributed by atoms with van der Waals surface area (Å²) < 4.78 is 0. The van der Waals surface area contributed by atoms with E-state index in [1.807, 2.05) is 19.1 Å². The normalized spacial score (nSPS) is 24.6. The van der Waals surface area contributed by atoms with E-state index in [0.717, 1.165) is 29.8 Å². The van der Waals surface area contributed by atoms with Crippen molar-refractivity contribution < 1.29 is 5.11 Å². The topological polar surface area (TPSA) is 58.3 Å². The van der Waals surface area contributed by atoms with E-state index >= 15 is 0 Å². The first kappa shape index (κ1) is 11.3. The number of aryl methyl sites for hydroxylation is 1. The largest absolute Gasteiger partial charge is 0.399 e. The maximum atomic E-state index is 9.25. The Hall–Kier alpha value is -1.22. The maximum absolute atomic E-state index is 9.25. The van der Waals surface area contributed by atoms with Crippen LogP contribution in [0.2, 0.25) is 0 Å². The van der Waals surface area contributed by atoms with Crippen LogP contribution >= 0.6 is 0 Å². The number of nitrogen functional groups attached to an aromatic ring is 1. The Kier molecular flexibility index (Phi) is 3.34. The molecule has 1 fully saturated rings. The van der Waals surface area contributed by atoms with Crippen molar-refractivity contribution in [3.8, 4) is 0 Å². The zero-order valence-corrected chi connectivity index (χ0v) is 9.74. The number of hydrogen-bond donors (Lipinski definition) is 3. The molecule has 3 heteroatoms. The lowest BCUT2D eigenvalue weighted by atomic mass is 10.0. The second kappa shape index (κ2) is 4.74. The summed E-state index contributed by atoms with van der Waals surface area (Å²) in [5.74, 6) is 0.401. The lowest BCUT2D eigenvalue weighted by Gasteiger charge is -2.20. The molecular formula is C13H20N2O. The molecule has 2 rings (SSSR count). The van der Waals surface area contributed by atoms with E-state index in [0.29, 0.717) is 12.0 Å². The van der Waals surface area contributed by atoms with Gasteiger partial charge in [0, 0.05) is 29.9 Å². The molecule has 0 heterocycles. The zero-order chi connectivity index (χ0) is 11.5. The molecule has 2 unspecified atom stereocenters. The molecule has 1 aliphatic rings. The van der Waals surface area contributed by atoms with E-state index in [2.05, 4.69) is 11.4 Å². The van der Waals surface area contributed by atoms with Crippen LogP contribution in [0, 0.1) is 12.8 Å². The Morgan fingerprint density at radius 2 is 2.25 bits per heavy atom. The first-order valence-electron chi connectivity index (χ1n) is 5.94. The quantitative estimate of drug-likeness (QED) is 0.684. The molecule has 0 radical (unpaired) electrons. The van der Waals surface area contributed by atoms with E-state index in [4.69, 9.17) is 5.73 Å². The summed E-state index contributed by atoms with van der Waals surface area (Å²) in [5.41, 5.74) is 8.82. The first-order chi connectivity index (χ1) is 7.70. The summed E-state index contributed by atoms with van der Waals surface area (Å²) >= 11 is 0. The number of nitrogens with one attached hydrogen (secondary N) is 1. The minimum absolute atomic E-state index is 0.283. The van der Waals surface area contributed by atoms with E-state index in [1.165, 1.54) is 6.42 Å². The van der Waals surface area contributed by atoms with Gasteiger partial charge in [0.2, 0.25) is 0 Å². The monoisotopic (exact) mass is 220 g/mol. The molecule has 3 nitrogen and oxygen atoms in total. The maximum Gasteiger partial charge on any atom is 0.0478 e. The number of benzene rings is 1. The predicted octanol–water partition coefficient (Wildman–Crippen LogP) is 2.15. The van der Waals surface area contributed by atoms with Crippen LogP contribution in [0.15, 0.2) is 18.2 Å². The van der Waals surface area contributed by atoms with Crippen molar-refractivity contribution in [2.75, 3.05) is 17.7 Å². The van der Waals surface area contributed by atoms with E-state index in [-0.39, 0.29) is 6.61 Å². The lowest BCUT2D eigenvalue weighted by molar-refractivity contribution is 0.222. The fourth-order valence-corrected chi connectivity index (χ4v) is 2.42. The highest BCUT2D eigenvalue weighted by atomic mass is 16.3. The van der Waals surface area contributed by atoms with Gasteiger partial charge in [-0.1, -0.05) is 6.42 Å². The van der Waals surface area contributed by atoms with Gasteiger partial charge in [-0.3, -0.25) is 0 Å². The van der Waals surface area contributed by atoms with Gasteiger partial charge in [0.05, 0.1) is 0 Å². The third kappa shape index (κ3) is 2.30. The van der Waals surface area contributed by atoms with Crippen molar-refractivity contribution >= 4 is 11.4 Å². The van der Waals surface area contributed by atoms with Crippen LogP contribution in [0.4, 0.5) is 11.4 Å². The Labute approximate surface area is 96.7 Å². The highest BCUT2D eigenvalue weighted by Crippen LogP contribution is 2.28. The molecule has 1 saturated carbocycles. The Morgan fingerprint density at radius 1 is 1.44 bits per heavy atom. The predicted molar refractivity (Wildman–Crippen MR) is 67.4 cm³/mol. The van der Waals surface area contributed by atoms with Gasteiger partial charge in [-0.05, 0) is 43.5 Å². The van der Waals surface area contributed by atoms with Gasteiger partial charge in [0.1, 0.15) is 0 Å². The van der Waals surface area contributed by atoms with Gasteiger partial charge >= 0.3 is 0 Å². The summed E-state index contributed by atoms with van der Waals surface area (Å²) in [6.45, 7) is 2.30. The number of anilines is 2. The van der Waals surface area contributed by atoms with Crippen LogP contribution in [-0.2, 0) is 0 Å². The average Bonchev–Trinajstić information content (AvgIpc) is 2.71. The fourth-order valence-electron chi connectivity index (χ4n) is 2.42. The Morgan fingerprint density at radius 3 is 2.94 bits per heavy atom. The number of hydrogen-bond acceptors (Lipinski definition) is 3. The summed E-state index contributed by atoms with van der Waals surface area (Å²) in [6, 6.07) is 6.42. The smallest absolute Gasteiger partial charge is 0.0478 e. The van der Waals surface area contributed by atoms with Crippen molar-refractivity contribution in [1.29, 1.82) is 0 Å². The standard InChI is InChI=1S/C13H20N2O/c1-9-7-11(5-6-12(9)14)15-13-4-2-3-10(13)8-16/h5-7,10,13,15-16H,2-4,8,14H2,1H3. The molecule has 88 valence electrons. The molecule has 1 aromatic carbocycles. The van der Waals surface area contributed by atoms with Gasteiger partial charge in [-0.25, -0.2) is 0 Å². The van der Waals surface area contributed by atoms with Gasteiger partial charge in [-0.2, -0.15) is 0 Å². The molecule has 0 bridgehead atoms. The minimum Gasteiger partial charge on any atom is -0.399 e. The average molecular weight is 220 g/mol. The van der Waals surface area contributed by atoms with Crippen LogP contribution < -0.4 is 11.1 Å². The molecule has 0 saturated heterocycles. The fraction of sp³-hybridized carbons (Fsp3) is 0.538. The van der Waals surface area contributed by atoms with Crippen molar-refractivity contribution in [1.82, 2.24) is 0 Å². The third-order valence-electron chi connectivity index (χ3n) is 3.52. The number of nitrogens with two attached hydrogens (primary N) is 1.